The Morgan fingerprint density at radius 1 is 1.43 bits per heavy atom. The number of unbranched alkanes of at least 4 members (excludes halogenated alkanes) is 2. The van der Waals surface area contributed by atoms with Crippen molar-refractivity contribution in [1.29, 1.82) is 0 Å². The van der Waals surface area contributed by atoms with Crippen molar-refractivity contribution in [2.45, 2.75) is 50.3 Å². The summed E-state index contributed by atoms with van der Waals surface area (Å²) in [7, 11) is 0. The average molecular weight is 309 g/mol. The first-order valence-electron chi connectivity index (χ1n) is 5.39. The SMILES string of the molecule is CCCCCOC(=O)[C](C)([SbH2])C(C)C. The van der Waals surface area contributed by atoms with Gasteiger partial charge in [-0.25, -0.2) is 0 Å². The monoisotopic (exact) mass is 308 g/mol. The summed E-state index contributed by atoms with van der Waals surface area (Å²) in [4.78, 5) is 11.7. The number of esters is 1. The third-order valence-electron chi connectivity index (χ3n) is 2.62. The predicted molar refractivity (Wildman–Crippen MR) is 62.2 cm³/mol. The average Bonchev–Trinajstić information content (AvgIpc) is 2.11. The van der Waals surface area contributed by atoms with Gasteiger partial charge in [0.2, 0.25) is 0 Å². The van der Waals surface area contributed by atoms with Gasteiger partial charge < -0.3 is 0 Å². The summed E-state index contributed by atoms with van der Waals surface area (Å²) in [6.07, 6.45) is 3.31. The zero-order chi connectivity index (χ0) is 11.2. The van der Waals surface area contributed by atoms with E-state index in [4.69, 9.17) is 4.74 Å². The number of carbonyl (C=O) groups excluding carboxylic acids is 1. The molecule has 0 aliphatic heterocycles. The molecule has 1 unspecified atom stereocenters. The van der Waals surface area contributed by atoms with E-state index in [2.05, 4.69) is 20.8 Å². The molecule has 0 fully saturated rings. The minimum absolute atomic E-state index is 0.00833. The van der Waals surface area contributed by atoms with Crippen LogP contribution in [-0.4, -0.2) is 35.6 Å². The van der Waals surface area contributed by atoms with Crippen LogP contribution in [0, 0.1) is 5.92 Å². The molecule has 84 valence electrons. The molecule has 0 aromatic carbocycles. The summed E-state index contributed by atoms with van der Waals surface area (Å²) in [6.45, 7) is 8.90. The van der Waals surface area contributed by atoms with E-state index in [0.717, 1.165) is 35.9 Å². The third-order valence-corrected chi connectivity index (χ3v) is 5.20. The van der Waals surface area contributed by atoms with E-state index in [-0.39, 0.29) is 9.33 Å². The van der Waals surface area contributed by atoms with Gasteiger partial charge in [0.25, 0.3) is 0 Å². The first-order chi connectivity index (χ1) is 6.42. The van der Waals surface area contributed by atoms with Crippen LogP contribution in [0.25, 0.3) is 0 Å². The zero-order valence-electron chi connectivity index (χ0n) is 9.80. The molecule has 0 amide bonds. The van der Waals surface area contributed by atoms with Crippen LogP contribution in [0.1, 0.15) is 47.0 Å². The van der Waals surface area contributed by atoms with E-state index in [1.165, 1.54) is 6.42 Å². The van der Waals surface area contributed by atoms with E-state index < -0.39 is 0 Å². The van der Waals surface area contributed by atoms with Crippen LogP contribution in [0.15, 0.2) is 0 Å². The van der Waals surface area contributed by atoms with Crippen molar-refractivity contribution in [3.63, 3.8) is 0 Å². The molecule has 0 bridgehead atoms. The van der Waals surface area contributed by atoms with Crippen LogP contribution in [0.3, 0.4) is 0 Å². The van der Waals surface area contributed by atoms with Gasteiger partial charge >= 0.3 is 101 Å². The van der Waals surface area contributed by atoms with E-state index >= 15 is 0 Å². The molecular formula is C11H23O2Sb. The van der Waals surface area contributed by atoms with Crippen LogP contribution in [0.2, 0.25) is 3.36 Å². The molecule has 3 heteroatoms. The number of hydrogen-bond donors (Lipinski definition) is 0. The second-order valence-electron chi connectivity index (χ2n) is 4.28. The number of hydrogen-bond acceptors (Lipinski definition) is 2. The fourth-order valence-corrected chi connectivity index (χ4v) is 1.15. The quantitative estimate of drug-likeness (QED) is 0.427. The Balaban J connectivity index is 3.84. The molecule has 0 aromatic rings. The summed E-state index contributed by atoms with van der Waals surface area (Å²) in [5, 5.41) is 0. The maximum absolute atomic E-state index is 11.7. The van der Waals surface area contributed by atoms with Crippen LogP contribution < -0.4 is 0 Å². The van der Waals surface area contributed by atoms with Crippen molar-refractivity contribution in [2.75, 3.05) is 6.61 Å². The summed E-state index contributed by atoms with van der Waals surface area (Å²) >= 11 is 0.931. The van der Waals surface area contributed by atoms with Gasteiger partial charge in [-0.2, -0.15) is 0 Å². The molecule has 0 aromatic heterocycles. The van der Waals surface area contributed by atoms with E-state index in [1.807, 2.05) is 6.92 Å². The fourth-order valence-electron chi connectivity index (χ4n) is 0.908. The Morgan fingerprint density at radius 3 is 2.43 bits per heavy atom. The molecule has 0 heterocycles. The molecule has 2 nitrogen and oxygen atoms in total. The first kappa shape index (κ1) is 14.3. The minimum atomic E-state index is -0.225. The van der Waals surface area contributed by atoms with Crippen molar-refractivity contribution < 1.29 is 9.53 Å². The molecule has 0 radical (unpaired) electrons. The molecule has 0 aliphatic rings. The van der Waals surface area contributed by atoms with Gasteiger partial charge in [-0.05, 0) is 0 Å². The number of ether oxygens (including phenoxy) is 1. The Morgan fingerprint density at radius 2 is 2.00 bits per heavy atom. The van der Waals surface area contributed by atoms with Crippen molar-refractivity contribution in [1.82, 2.24) is 0 Å². The van der Waals surface area contributed by atoms with Crippen LogP contribution >= 0.6 is 0 Å². The molecule has 0 N–H and O–H groups in total. The molecule has 0 saturated heterocycles. The van der Waals surface area contributed by atoms with Gasteiger partial charge in [0, 0.05) is 0 Å². The van der Waals surface area contributed by atoms with Crippen LogP contribution in [0.5, 0.6) is 0 Å². The summed E-state index contributed by atoms with van der Waals surface area (Å²) in [5.74, 6) is 0.370. The first-order valence-corrected chi connectivity index (χ1v) is 7.03. The normalized spacial score (nSPS) is 15.3. The van der Waals surface area contributed by atoms with Crippen LogP contribution in [-0.2, 0) is 9.53 Å². The summed E-state index contributed by atoms with van der Waals surface area (Å²) in [6, 6.07) is 0. The second kappa shape index (κ2) is 6.71. The zero-order valence-corrected chi connectivity index (χ0v) is 13.1. The topological polar surface area (TPSA) is 26.3 Å². The van der Waals surface area contributed by atoms with Gasteiger partial charge in [-0.15, -0.1) is 0 Å². The van der Waals surface area contributed by atoms with Crippen molar-refractivity contribution in [3.8, 4) is 0 Å². The predicted octanol–water partition coefficient (Wildman–Crippen LogP) is 2.19. The third kappa shape index (κ3) is 4.68. The van der Waals surface area contributed by atoms with E-state index in [9.17, 15) is 4.79 Å². The fraction of sp³-hybridized carbons (Fsp3) is 0.909. The number of carbonyl (C=O) groups is 1. The van der Waals surface area contributed by atoms with Gasteiger partial charge in [0.15, 0.2) is 0 Å². The molecule has 0 spiro atoms. The van der Waals surface area contributed by atoms with Gasteiger partial charge in [0.1, 0.15) is 0 Å². The van der Waals surface area contributed by atoms with Gasteiger partial charge in [0.05, 0.1) is 0 Å². The molecule has 0 saturated carbocycles. The Labute approximate surface area is 101 Å². The van der Waals surface area contributed by atoms with Crippen molar-refractivity contribution >= 4 is 29.0 Å². The van der Waals surface area contributed by atoms with Gasteiger partial charge in [-0.3, -0.25) is 0 Å². The molecule has 14 heavy (non-hydrogen) atoms. The maximum atomic E-state index is 11.7. The second-order valence-corrected chi connectivity index (χ2v) is 7.70. The molecule has 0 rings (SSSR count). The molecule has 0 aliphatic carbocycles. The van der Waals surface area contributed by atoms with Crippen LogP contribution in [0.4, 0.5) is 0 Å². The Hall–Kier alpha value is 0.288. The summed E-state index contributed by atoms with van der Waals surface area (Å²) < 4.78 is 5.04. The standard InChI is InChI=1S/C11H21O2.Sb.2H/c1-5-6-7-8-13-11(12)10(4)9(2)3;;;/h9H,5-8H2,1-4H3;;;. The van der Waals surface area contributed by atoms with Crippen molar-refractivity contribution in [3.05, 3.63) is 0 Å². The molecular weight excluding hydrogens is 286 g/mol. The van der Waals surface area contributed by atoms with Gasteiger partial charge in [-0.1, -0.05) is 0 Å². The van der Waals surface area contributed by atoms with E-state index in [1.54, 1.807) is 0 Å². The Kier molecular flexibility index (Phi) is 6.85. The van der Waals surface area contributed by atoms with Crippen molar-refractivity contribution in [2.24, 2.45) is 5.92 Å². The Bertz CT molecular complexity index is 176. The van der Waals surface area contributed by atoms with E-state index in [0.29, 0.717) is 12.5 Å². The molecule has 1 atom stereocenters. The number of rotatable bonds is 6. The summed E-state index contributed by atoms with van der Waals surface area (Å²) in [5.41, 5.74) is 0.